The Morgan fingerprint density at radius 3 is 2.56 bits per heavy atom. The lowest BCUT2D eigenvalue weighted by Crippen LogP contribution is -2.40. The van der Waals surface area contributed by atoms with E-state index in [-0.39, 0.29) is 0 Å². The highest BCUT2D eigenvalue weighted by Gasteiger charge is 2.03. The van der Waals surface area contributed by atoms with Gasteiger partial charge in [-0.2, -0.15) is 0 Å². The maximum Gasteiger partial charge on any atom is 0.191 e. The van der Waals surface area contributed by atoms with Crippen molar-refractivity contribution in [1.29, 1.82) is 0 Å². The van der Waals surface area contributed by atoms with Gasteiger partial charge in [0.1, 0.15) is 5.15 Å². The van der Waals surface area contributed by atoms with E-state index in [0.717, 1.165) is 24.1 Å². The second-order valence-electron chi connectivity index (χ2n) is 5.44. The minimum Gasteiger partial charge on any atom is -0.356 e. The van der Waals surface area contributed by atoms with Crippen molar-refractivity contribution in [3.63, 3.8) is 0 Å². The molecule has 0 radical (unpaired) electrons. The van der Waals surface area contributed by atoms with Crippen molar-refractivity contribution in [2.75, 3.05) is 25.9 Å². The molecule has 2 aromatic rings. The second kappa shape index (κ2) is 10.8. The van der Waals surface area contributed by atoms with Gasteiger partial charge in [-0.15, -0.1) is 0 Å². The van der Waals surface area contributed by atoms with Crippen molar-refractivity contribution in [3.05, 3.63) is 64.9 Å². The van der Waals surface area contributed by atoms with E-state index in [2.05, 4.69) is 20.6 Å². The first-order valence-electron chi connectivity index (χ1n) is 8.11. The van der Waals surface area contributed by atoms with Crippen LogP contribution >= 0.6 is 11.6 Å². The molecular formula is C18H23ClN4OS. The zero-order valence-electron chi connectivity index (χ0n) is 14.2. The van der Waals surface area contributed by atoms with Crippen molar-refractivity contribution in [2.45, 2.75) is 12.2 Å². The van der Waals surface area contributed by atoms with Crippen molar-refractivity contribution < 1.29 is 4.21 Å². The molecule has 1 atom stereocenters. The third-order valence-electron chi connectivity index (χ3n) is 3.51. The molecule has 1 heterocycles. The van der Waals surface area contributed by atoms with E-state index < -0.39 is 10.8 Å². The van der Waals surface area contributed by atoms with Crippen LogP contribution < -0.4 is 10.6 Å². The Balaban J connectivity index is 1.64. The summed E-state index contributed by atoms with van der Waals surface area (Å²) in [4.78, 5) is 8.23. The highest BCUT2D eigenvalue weighted by atomic mass is 35.5. The topological polar surface area (TPSA) is 66.4 Å². The summed E-state index contributed by atoms with van der Waals surface area (Å²) < 4.78 is 12.1. The predicted octanol–water partition coefficient (Wildman–Crippen LogP) is 2.39. The van der Waals surface area contributed by atoms with Crippen LogP contribution in [0.3, 0.4) is 0 Å². The van der Waals surface area contributed by atoms with Crippen LogP contribution in [0.2, 0.25) is 5.15 Å². The van der Waals surface area contributed by atoms with Gasteiger partial charge in [-0.1, -0.05) is 48.0 Å². The maximum absolute atomic E-state index is 12.1. The van der Waals surface area contributed by atoms with Crippen molar-refractivity contribution in [2.24, 2.45) is 4.99 Å². The average molecular weight is 379 g/mol. The number of hydrogen-bond donors (Lipinski definition) is 2. The van der Waals surface area contributed by atoms with E-state index in [1.807, 2.05) is 36.4 Å². The molecule has 1 aromatic heterocycles. The molecule has 2 rings (SSSR count). The average Bonchev–Trinajstić information content (AvgIpc) is 2.63. The molecule has 0 amide bonds. The minimum absolute atomic E-state index is 0.498. The summed E-state index contributed by atoms with van der Waals surface area (Å²) in [5, 5.41) is 6.92. The first-order chi connectivity index (χ1) is 12.2. The first-order valence-corrected chi connectivity index (χ1v) is 9.98. The number of benzene rings is 1. The molecule has 1 aromatic carbocycles. The van der Waals surface area contributed by atoms with Crippen molar-refractivity contribution >= 4 is 28.4 Å². The van der Waals surface area contributed by atoms with Crippen LogP contribution in [0, 0.1) is 0 Å². The maximum atomic E-state index is 12.1. The van der Waals surface area contributed by atoms with Gasteiger partial charge in [0.2, 0.25) is 0 Å². The van der Waals surface area contributed by atoms with E-state index in [0.29, 0.717) is 29.2 Å². The fourth-order valence-electron chi connectivity index (χ4n) is 2.22. The predicted molar refractivity (Wildman–Crippen MR) is 105 cm³/mol. The molecule has 0 aliphatic heterocycles. The van der Waals surface area contributed by atoms with Gasteiger partial charge in [0.15, 0.2) is 5.96 Å². The Morgan fingerprint density at radius 1 is 1.12 bits per heavy atom. The quantitative estimate of drug-likeness (QED) is 0.420. The molecule has 1 unspecified atom stereocenters. The van der Waals surface area contributed by atoms with Gasteiger partial charge in [0.05, 0.1) is 0 Å². The monoisotopic (exact) mass is 378 g/mol. The SMILES string of the molecule is CN=C(NCCc1ccc(Cl)nc1)NCCS(=O)Cc1ccccc1. The van der Waals surface area contributed by atoms with Gasteiger partial charge in [-0.25, -0.2) is 4.98 Å². The van der Waals surface area contributed by atoms with Crippen LogP contribution in [-0.4, -0.2) is 41.0 Å². The summed E-state index contributed by atoms with van der Waals surface area (Å²) in [6, 6.07) is 13.6. The van der Waals surface area contributed by atoms with E-state index in [1.54, 1.807) is 19.3 Å². The summed E-state index contributed by atoms with van der Waals surface area (Å²) in [6.45, 7) is 1.34. The Kier molecular flexibility index (Phi) is 8.42. The minimum atomic E-state index is -0.893. The smallest absolute Gasteiger partial charge is 0.191 e. The highest BCUT2D eigenvalue weighted by Crippen LogP contribution is 2.05. The van der Waals surface area contributed by atoms with Gasteiger partial charge < -0.3 is 10.6 Å². The Hall–Kier alpha value is -1.92. The van der Waals surface area contributed by atoms with Crippen LogP contribution in [0.5, 0.6) is 0 Å². The standard InChI is InChI=1S/C18H23ClN4OS/c1-20-18(21-10-9-15-7-8-17(19)23-13-15)22-11-12-25(24)14-16-5-3-2-4-6-16/h2-8,13H,9-12,14H2,1H3,(H2,20,21,22). The van der Waals surface area contributed by atoms with Gasteiger partial charge in [0, 0.05) is 48.6 Å². The van der Waals surface area contributed by atoms with E-state index >= 15 is 0 Å². The molecule has 0 aliphatic carbocycles. The number of aliphatic imine (C=N–C) groups is 1. The lowest BCUT2D eigenvalue weighted by Gasteiger charge is -2.11. The number of pyridine rings is 1. The zero-order valence-corrected chi connectivity index (χ0v) is 15.8. The summed E-state index contributed by atoms with van der Waals surface area (Å²) in [6.07, 6.45) is 2.59. The summed E-state index contributed by atoms with van der Waals surface area (Å²) in [5.41, 5.74) is 2.20. The number of nitrogens with zero attached hydrogens (tertiary/aromatic N) is 2. The third-order valence-corrected chi connectivity index (χ3v) is 5.05. The summed E-state index contributed by atoms with van der Waals surface area (Å²) in [7, 11) is 0.829. The van der Waals surface area contributed by atoms with E-state index in [4.69, 9.17) is 11.6 Å². The van der Waals surface area contributed by atoms with Gasteiger partial charge >= 0.3 is 0 Å². The number of halogens is 1. The summed E-state index contributed by atoms with van der Waals surface area (Å²) in [5.74, 6) is 1.87. The number of aromatic nitrogens is 1. The van der Waals surface area contributed by atoms with Crippen LogP contribution in [0.4, 0.5) is 0 Å². The fraction of sp³-hybridized carbons (Fsp3) is 0.333. The fourth-order valence-corrected chi connectivity index (χ4v) is 3.37. The number of guanidine groups is 1. The zero-order chi connectivity index (χ0) is 17.9. The molecule has 25 heavy (non-hydrogen) atoms. The number of nitrogens with one attached hydrogen (secondary N) is 2. The van der Waals surface area contributed by atoms with Gasteiger partial charge in [-0.3, -0.25) is 9.20 Å². The normalized spacial score (nSPS) is 12.6. The van der Waals surface area contributed by atoms with E-state index in [1.165, 1.54) is 0 Å². The molecule has 5 nitrogen and oxygen atoms in total. The van der Waals surface area contributed by atoms with Crippen LogP contribution in [0.25, 0.3) is 0 Å². The van der Waals surface area contributed by atoms with E-state index in [9.17, 15) is 4.21 Å². The lowest BCUT2D eigenvalue weighted by atomic mass is 10.2. The Morgan fingerprint density at radius 2 is 1.88 bits per heavy atom. The van der Waals surface area contributed by atoms with Crippen molar-refractivity contribution in [1.82, 2.24) is 15.6 Å². The number of rotatable bonds is 8. The number of hydrogen-bond acceptors (Lipinski definition) is 3. The van der Waals surface area contributed by atoms with Gasteiger partial charge in [-0.05, 0) is 23.6 Å². The lowest BCUT2D eigenvalue weighted by molar-refractivity contribution is 0.680. The molecule has 7 heteroatoms. The van der Waals surface area contributed by atoms with Crippen LogP contribution in [-0.2, 0) is 23.0 Å². The molecule has 0 spiro atoms. The molecule has 134 valence electrons. The molecular weight excluding hydrogens is 356 g/mol. The second-order valence-corrected chi connectivity index (χ2v) is 7.40. The molecule has 0 fully saturated rings. The molecule has 0 saturated carbocycles. The first kappa shape index (κ1) is 19.4. The third kappa shape index (κ3) is 7.67. The molecule has 0 aliphatic rings. The molecule has 0 saturated heterocycles. The van der Waals surface area contributed by atoms with Crippen molar-refractivity contribution in [3.8, 4) is 0 Å². The van der Waals surface area contributed by atoms with Crippen LogP contribution in [0.1, 0.15) is 11.1 Å². The Labute approximate surface area is 156 Å². The molecule has 2 N–H and O–H groups in total. The largest absolute Gasteiger partial charge is 0.356 e. The molecule has 0 bridgehead atoms. The highest BCUT2D eigenvalue weighted by molar-refractivity contribution is 7.84. The van der Waals surface area contributed by atoms with Gasteiger partial charge in [0.25, 0.3) is 0 Å². The summed E-state index contributed by atoms with van der Waals surface area (Å²) >= 11 is 5.77. The Bertz CT molecular complexity index is 692. The van der Waals surface area contributed by atoms with Crippen LogP contribution in [0.15, 0.2) is 53.7 Å².